The lowest BCUT2D eigenvalue weighted by molar-refractivity contribution is 0.0600. The van der Waals surface area contributed by atoms with Crippen molar-refractivity contribution in [3.8, 4) is 0 Å². The molecule has 0 aliphatic heterocycles. The molecule has 0 radical (unpaired) electrons. The predicted molar refractivity (Wildman–Crippen MR) is 112 cm³/mol. The van der Waals surface area contributed by atoms with Gasteiger partial charge in [0.1, 0.15) is 10.7 Å². The summed E-state index contributed by atoms with van der Waals surface area (Å²) in [4.78, 5) is 15.8. The summed E-state index contributed by atoms with van der Waals surface area (Å²) in [5.74, 6) is 0.0701. The first-order valence-electron chi connectivity index (χ1n) is 8.95. The molecule has 0 saturated heterocycles. The summed E-state index contributed by atoms with van der Waals surface area (Å²) < 4.78 is 32.0. The Morgan fingerprint density at radius 2 is 1.72 bits per heavy atom. The maximum atomic E-state index is 13.0. The van der Waals surface area contributed by atoms with Gasteiger partial charge in [-0.2, -0.15) is 0 Å². The number of carbonyl (C=O) groups is 1. The molecule has 1 aromatic heterocycles. The first kappa shape index (κ1) is 20.3. The number of hydrogen-bond donors (Lipinski definition) is 1. The van der Waals surface area contributed by atoms with Gasteiger partial charge < -0.3 is 10.1 Å². The number of anilines is 3. The van der Waals surface area contributed by atoms with Crippen LogP contribution in [0.5, 0.6) is 0 Å². The fraction of sp³-hybridized carbons (Fsp3) is 0.143. The quantitative estimate of drug-likeness (QED) is 0.595. The van der Waals surface area contributed by atoms with Crippen LogP contribution in [0, 0.1) is 0 Å². The smallest absolute Gasteiger partial charge is 0.337 e. The Hall–Kier alpha value is -3.39. The summed E-state index contributed by atoms with van der Waals surface area (Å²) in [7, 11) is -2.40. The number of pyridine rings is 1. The Morgan fingerprint density at radius 3 is 2.28 bits per heavy atom. The Labute approximate surface area is 170 Å². The van der Waals surface area contributed by atoms with Gasteiger partial charge in [-0.15, -0.1) is 0 Å². The number of hydrogen-bond acceptors (Lipinski definition) is 6. The van der Waals surface area contributed by atoms with Crippen molar-refractivity contribution in [3.05, 3.63) is 78.5 Å². The van der Waals surface area contributed by atoms with Gasteiger partial charge in [0, 0.05) is 18.4 Å². The minimum atomic E-state index is -3.72. The van der Waals surface area contributed by atoms with Crippen LogP contribution in [0.15, 0.2) is 77.8 Å². The minimum Gasteiger partial charge on any atom is -0.465 e. The van der Waals surface area contributed by atoms with E-state index in [0.717, 1.165) is 0 Å². The molecule has 0 amide bonds. The molecule has 2 aromatic carbocycles. The SMILES string of the molecule is CCN(c1ccccc1)S(=O)(=O)c1ccc(Nc2ccc(C(=O)OC)cc2)nc1. The number of carbonyl (C=O) groups excluding carboxylic acids is 1. The number of esters is 1. The zero-order chi connectivity index (χ0) is 20.9. The van der Waals surface area contributed by atoms with Gasteiger partial charge in [0.25, 0.3) is 10.0 Å². The van der Waals surface area contributed by atoms with E-state index in [1.54, 1.807) is 61.5 Å². The molecule has 3 rings (SSSR count). The second kappa shape index (κ2) is 8.74. The highest BCUT2D eigenvalue weighted by Gasteiger charge is 2.23. The van der Waals surface area contributed by atoms with Gasteiger partial charge in [-0.25, -0.2) is 18.2 Å². The standard InChI is InChI=1S/C21H21N3O4S/c1-3-24(18-7-5-4-6-8-18)29(26,27)19-13-14-20(22-15-19)23-17-11-9-16(10-12-17)21(25)28-2/h4-15H,3H2,1-2H3,(H,22,23). The van der Waals surface area contributed by atoms with Crippen LogP contribution in [0.2, 0.25) is 0 Å². The lowest BCUT2D eigenvalue weighted by Gasteiger charge is -2.22. The third kappa shape index (κ3) is 4.55. The van der Waals surface area contributed by atoms with Gasteiger partial charge in [0.15, 0.2) is 0 Å². The first-order valence-corrected chi connectivity index (χ1v) is 10.4. The van der Waals surface area contributed by atoms with Crippen LogP contribution in [0.1, 0.15) is 17.3 Å². The van der Waals surface area contributed by atoms with Crippen LogP contribution in [-0.2, 0) is 14.8 Å². The van der Waals surface area contributed by atoms with E-state index in [-0.39, 0.29) is 4.90 Å². The number of benzene rings is 2. The van der Waals surface area contributed by atoms with Crippen LogP contribution >= 0.6 is 0 Å². The predicted octanol–water partition coefficient (Wildman–Crippen LogP) is 3.83. The number of aromatic nitrogens is 1. The fourth-order valence-electron chi connectivity index (χ4n) is 2.78. The number of ether oxygens (including phenoxy) is 1. The number of nitrogens with one attached hydrogen (secondary N) is 1. The van der Waals surface area contributed by atoms with E-state index in [0.29, 0.717) is 29.3 Å². The Bertz CT molecular complexity index is 1070. The highest BCUT2D eigenvalue weighted by atomic mass is 32.2. The molecule has 0 atom stereocenters. The van der Waals surface area contributed by atoms with Crippen LogP contribution in [0.3, 0.4) is 0 Å². The molecule has 0 bridgehead atoms. The lowest BCUT2D eigenvalue weighted by atomic mass is 10.2. The Balaban J connectivity index is 1.78. The van der Waals surface area contributed by atoms with Crippen molar-refractivity contribution >= 4 is 33.2 Å². The lowest BCUT2D eigenvalue weighted by Crippen LogP contribution is -2.30. The molecule has 8 heteroatoms. The maximum absolute atomic E-state index is 13.0. The van der Waals surface area contributed by atoms with E-state index < -0.39 is 16.0 Å². The summed E-state index contributed by atoms with van der Waals surface area (Å²) in [5.41, 5.74) is 1.75. The van der Waals surface area contributed by atoms with E-state index in [2.05, 4.69) is 15.0 Å². The van der Waals surface area contributed by atoms with Crippen molar-refractivity contribution in [3.63, 3.8) is 0 Å². The molecule has 3 aromatic rings. The summed E-state index contributed by atoms with van der Waals surface area (Å²) in [6.07, 6.45) is 1.33. The summed E-state index contributed by atoms with van der Waals surface area (Å²) in [6.45, 7) is 2.09. The van der Waals surface area contributed by atoms with Gasteiger partial charge in [0.05, 0.1) is 18.4 Å². The zero-order valence-electron chi connectivity index (χ0n) is 16.1. The Kier molecular flexibility index (Phi) is 6.13. The highest BCUT2D eigenvalue weighted by Crippen LogP contribution is 2.24. The second-order valence-electron chi connectivity index (χ2n) is 6.08. The minimum absolute atomic E-state index is 0.106. The molecule has 1 heterocycles. The van der Waals surface area contributed by atoms with Gasteiger partial charge in [-0.1, -0.05) is 18.2 Å². The number of para-hydroxylation sites is 1. The van der Waals surface area contributed by atoms with E-state index in [4.69, 9.17) is 0 Å². The molecule has 0 aliphatic rings. The van der Waals surface area contributed by atoms with Crippen LogP contribution < -0.4 is 9.62 Å². The molecule has 0 spiro atoms. The zero-order valence-corrected chi connectivity index (χ0v) is 16.9. The number of rotatable bonds is 7. The van der Waals surface area contributed by atoms with E-state index in [1.165, 1.54) is 23.7 Å². The summed E-state index contributed by atoms with van der Waals surface area (Å²) in [5, 5.41) is 3.07. The molecule has 0 fully saturated rings. The first-order chi connectivity index (χ1) is 14.0. The number of sulfonamides is 1. The molecule has 0 unspecified atom stereocenters. The van der Waals surface area contributed by atoms with E-state index in [9.17, 15) is 13.2 Å². The van der Waals surface area contributed by atoms with Crippen LogP contribution in [-0.4, -0.2) is 33.0 Å². The van der Waals surface area contributed by atoms with Gasteiger partial charge in [0.2, 0.25) is 0 Å². The average molecular weight is 411 g/mol. The van der Waals surface area contributed by atoms with Crippen molar-refractivity contribution in [2.24, 2.45) is 0 Å². The molecular weight excluding hydrogens is 390 g/mol. The molecule has 150 valence electrons. The van der Waals surface area contributed by atoms with E-state index >= 15 is 0 Å². The largest absolute Gasteiger partial charge is 0.465 e. The van der Waals surface area contributed by atoms with Gasteiger partial charge >= 0.3 is 5.97 Å². The Morgan fingerprint density at radius 1 is 1.03 bits per heavy atom. The fourth-order valence-corrected chi connectivity index (χ4v) is 4.19. The van der Waals surface area contributed by atoms with Crippen molar-refractivity contribution < 1.29 is 17.9 Å². The number of nitrogens with zero attached hydrogens (tertiary/aromatic N) is 2. The third-order valence-corrected chi connectivity index (χ3v) is 6.12. The van der Waals surface area contributed by atoms with Gasteiger partial charge in [-0.3, -0.25) is 4.31 Å². The third-order valence-electron chi connectivity index (χ3n) is 4.23. The molecule has 0 aliphatic carbocycles. The van der Waals surface area contributed by atoms with Gasteiger partial charge in [-0.05, 0) is 55.5 Å². The van der Waals surface area contributed by atoms with Crippen molar-refractivity contribution in [2.45, 2.75) is 11.8 Å². The number of methoxy groups -OCH3 is 1. The van der Waals surface area contributed by atoms with Crippen LogP contribution in [0.25, 0.3) is 0 Å². The average Bonchev–Trinajstić information content (AvgIpc) is 2.75. The van der Waals surface area contributed by atoms with Crippen LogP contribution in [0.4, 0.5) is 17.2 Å². The molecular formula is C21H21N3O4S. The topological polar surface area (TPSA) is 88.6 Å². The van der Waals surface area contributed by atoms with E-state index in [1.807, 2.05) is 6.07 Å². The van der Waals surface area contributed by atoms with Crippen molar-refractivity contribution in [1.29, 1.82) is 0 Å². The van der Waals surface area contributed by atoms with Crippen molar-refractivity contribution in [1.82, 2.24) is 4.98 Å². The highest BCUT2D eigenvalue weighted by molar-refractivity contribution is 7.92. The molecule has 0 saturated carbocycles. The monoisotopic (exact) mass is 411 g/mol. The molecule has 29 heavy (non-hydrogen) atoms. The summed E-state index contributed by atoms with van der Waals surface area (Å²) >= 11 is 0. The maximum Gasteiger partial charge on any atom is 0.337 e. The summed E-state index contributed by atoms with van der Waals surface area (Å²) in [6, 6.07) is 18.7. The normalized spacial score (nSPS) is 11.0. The van der Waals surface area contributed by atoms with Crippen molar-refractivity contribution in [2.75, 3.05) is 23.3 Å². The molecule has 1 N–H and O–H groups in total. The molecule has 7 nitrogen and oxygen atoms in total. The second-order valence-corrected chi connectivity index (χ2v) is 7.94.